The molecule has 3 aromatic carbocycles. The van der Waals surface area contributed by atoms with Crippen LogP contribution in [0.1, 0.15) is 72.8 Å². The number of primary sulfonamides is 1. The first-order valence-corrected chi connectivity index (χ1v) is 28.9. The average Bonchev–Trinajstić information content (AvgIpc) is 3.75. The van der Waals surface area contributed by atoms with Crippen LogP contribution in [0, 0.1) is 11.3 Å². The van der Waals surface area contributed by atoms with Gasteiger partial charge in [-0.1, -0.05) is 29.8 Å². The standard InChI is InChI=1S/C50H68ClN11O11S2/c51-36-31-35(34-52)41-33-44(60-23-17-54-18-24-60)46(42(41)32-36)73-37-11-13-38(14-12-37)75(69,70)59-43-9-6-22-62(48(43)64)26-30-72-28-20-58-50(66)56-16-4-3-15-55-49(65)57-19-27-71-29-25-61-21-5-8-40(47(61)63)39-7-1-2-10-45(39)74(53,67)68/h1-2,7,10-14,31-32,40,43-44,46,54,59H,3-6,8-9,15-30,33H2,(H2,53,67,68)(H2,55,57,65)(H2,56,58,66)/t40-,43-,44-,46-/m0/s1. The molecule has 3 aromatic rings. The molecule has 4 atom stereocenters. The van der Waals surface area contributed by atoms with E-state index in [9.17, 15) is 41.3 Å². The Kier molecular flexibility index (Phi) is 20.9. The SMILES string of the molecule is N#Cc1cc(Cl)cc2c1C[C@H](N1CCNCC1)[C@H]2Oc1ccc(S(=O)(=O)N[C@H]2CCCN(CCOCCNC(=O)NCCCCNC(=O)NCCOCCN3CCC[C@@H](c4ccccc4S(N)(=O)=O)C3=O)C2=O)cc1. The molecule has 408 valence electrons. The number of piperidine rings is 2. The Hall–Kier alpha value is -5.62. The van der Waals surface area contributed by atoms with E-state index < -0.39 is 38.1 Å². The van der Waals surface area contributed by atoms with Gasteiger partial charge in [-0.2, -0.15) is 9.98 Å². The second kappa shape index (κ2) is 27.4. The zero-order valence-corrected chi connectivity index (χ0v) is 44.3. The summed E-state index contributed by atoms with van der Waals surface area (Å²) in [6.45, 7) is 7.05. The number of nitriles is 1. The highest BCUT2D eigenvalue weighted by atomic mass is 35.5. The minimum absolute atomic E-state index is 0.00764. The summed E-state index contributed by atoms with van der Waals surface area (Å²) in [6.07, 6.45) is 3.64. The molecular weight excluding hydrogens is 1030 g/mol. The summed E-state index contributed by atoms with van der Waals surface area (Å²) < 4.78 is 71.6. The fourth-order valence-electron chi connectivity index (χ4n) is 9.89. The van der Waals surface area contributed by atoms with E-state index in [-0.39, 0.29) is 85.8 Å². The molecule has 8 N–H and O–H groups in total. The first-order chi connectivity index (χ1) is 36.1. The van der Waals surface area contributed by atoms with Crippen LogP contribution in [0.25, 0.3) is 0 Å². The van der Waals surface area contributed by atoms with E-state index in [4.69, 9.17) is 31.0 Å². The molecule has 25 heteroatoms. The first kappa shape index (κ1) is 57.1. The quantitative estimate of drug-likeness (QED) is 0.0597. The Balaban J connectivity index is 0.709. The van der Waals surface area contributed by atoms with Crippen molar-refractivity contribution in [3.05, 3.63) is 87.9 Å². The minimum Gasteiger partial charge on any atom is -0.484 e. The van der Waals surface area contributed by atoms with Crippen LogP contribution in [0.15, 0.2) is 70.5 Å². The van der Waals surface area contributed by atoms with Crippen molar-refractivity contribution in [1.29, 1.82) is 5.26 Å². The number of amides is 6. The van der Waals surface area contributed by atoms with Crippen LogP contribution in [0.2, 0.25) is 5.02 Å². The van der Waals surface area contributed by atoms with E-state index in [0.717, 1.165) is 37.3 Å². The molecule has 0 saturated carbocycles. The number of carbonyl (C=O) groups excluding carboxylic acids is 4. The van der Waals surface area contributed by atoms with Crippen molar-refractivity contribution < 1.29 is 50.2 Å². The summed E-state index contributed by atoms with van der Waals surface area (Å²) in [7, 11) is -8.05. The average molecular weight is 1100 g/mol. The monoisotopic (exact) mass is 1100 g/mol. The highest BCUT2D eigenvalue weighted by Crippen LogP contribution is 2.41. The topological polar surface area (TPSA) is 296 Å². The van der Waals surface area contributed by atoms with Gasteiger partial charge >= 0.3 is 12.1 Å². The molecule has 3 saturated heterocycles. The van der Waals surface area contributed by atoms with Crippen molar-refractivity contribution in [2.75, 3.05) is 105 Å². The van der Waals surface area contributed by atoms with Gasteiger partial charge in [-0.3, -0.25) is 14.5 Å². The van der Waals surface area contributed by atoms with Crippen molar-refractivity contribution in [2.24, 2.45) is 5.14 Å². The predicted octanol–water partition coefficient (Wildman–Crippen LogP) is 1.90. The summed E-state index contributed by atoms with van der Waals surface area (Å²) in [5.74, 6) is -0.650. The molecule has 3 fully saturated rings. The lowest BCUT2D eigenvalue weighted by Crippen LogP contribution is -2.52. The molecule has 0 unspecified atom stereocenters. The number of carbonyl (C=O) groups is 4. The van der Waals surface area contributed by atoms with E-state index in [1.807, 2.05) is 6.07 Å². The zero-order valence-electron chi connectivity index (χ0n) is 41.9. The van der Waals surface area contributed by atoms with E-state index in [1.165, 1.54) is 18.2 Å². The molecule has 6 amide bonds. The fraction of sp³-hybridized carbons (Fsp3) is 0.540. The summed E-state index contributed by atoms with van der Waals surface area (Å²) in [5.41, 5.74) is 2.69. The highest BCUT2D eigenvalue weighted by Gasteiger charge is 2.41. The number of hydrogen-bond acceptors (Lipinski definition) is 14. The predicted molar refractivity (Wildman–Crippen MR) is 278 cm³/mol. The maximum atomic E-state index is 13.5. The summed E-state index contributed by atoms with van der Waals surface area (Å²) in [4.78, 5) is 56.5. The van der Waals surface area contributed by atoms with Crippen LogP contribution in [-0.4, -0.2) is 172 Å². The molecule has 0 radical (unpaired) electrons. The summed E-state index contributed by atoms with van der Waals surface area (Å²) in [5, 5.41) is 30.0. The van der Waals surface area contributed by atoms with E-state index in [2.05, 4.69) is 42.3 Å². The molecule has 0 bridgehead atoms. The third-order valence-electron chi connectivity index (χ3n) is 13.7. The zero-order chi connectivity index (χ0) is 53.4. The Labute approximate surface area is 443 Å². The molecule has 4 aliphatic rings. The third-order valence-corrected chi connectivity index (χ3v) is 16.4. The maximum Gasteiger partial charge on any atom is 0.314 e. The number of nitrogens with one attached hydrogen (secondary N) is 6. The number of ether oxygens (including phenoxy) is 3. The lowest BCUT2D eigenvalue weighted by atomic mass is 9.89. The van der Waals surface area contributed by atoms with Gasteiger partial charge in [-0.05, 0) is 104 Å². The van der Waals surface area contributed by atoms with Gasteiger partial charge < -0.3 is 50.6 Å². The number of hydrogen-bond donors (Lipinski definition) is 7. The Morgan fingerprint density at radius 3 is 1.99 bits per heavy atom. The molecule has 3 aliphatic heterocycles. The number of fused-ring (bicyclic) bond motifs is 1. The van der Waals surface area contributed by atoms with E-state index in [1.54, 1.807) is 46.2 Å². The number of urea groups is 2. The third kappa shape index (κ3) is 16.0. The number of nitrogens with two attached hydrogens (primary N) is 1. The first-order valence-electron chi connectivity index (χ1n) is 25.5. The van der Waals surface area contributed by atoms with Crippen LogP contribution >= 0.6 is 11.6 Å². The fourth-order valence-corrected chi connectivity index (χ4v) is 12.2. The largest absolute Gasteiger partial charge is 0.484 e. The van der Waals surface area contributed by atoms with Gasteiger partial charge in [0.25, 0.3) is 0 Å². The second-order valence-corrected chi connectivity index (χ2v) is 22.4. The second-order valence-electron chi connectivity index (χ2n) is 18.7. The van der Waals surface area contributed by atoms with Crippen LogP contribution in [0.3, 0.4) is 0 Å². The van der Waals surface area contributed by atoms with Gasteiger partial charge in [0.2, 0.25) is 31.9 Å². The Morgan fingerprint density at radius 1 is 0.760 bits per heavy atom. The number of nitrogens with zero attached hydrogens (tertiary/aromatic N) is 4. The molecule has 1 aliphatic carbocycles. The van der Waals surface area contributed by atoms with Crippen molar-refractivity contribution in [2.45, 2.75) is 78.8 Å². The molecule has 3 heterocycles. The van der Waals surface area contributed by atoms with E-state index in [0.29, 0.717) is 99.6 Å². The molecule has 75 heavy (non-hydrogen) atoms. The molecular formula is C50H68ClN11O11S2. The van der Waals surface area contributed by atoms with Crippen molar-refractivity contribution in [3.8, 4) is 11.8 Å². The number of unbranched alkanes of at least 4 members (excludes halogenated alkanes) is 1. The molecule has 0 spiro atoms. The van der Waals surface area contributed by atoms with Gasteiger partial charge in [0.1, 0.15) is 17.9 Å². The normalized spacial score (nSPS) is 20.3. The van der Waals surface area contributed by atoms with Crippen LogP contribution < -0.4 is 41.2 Å². The van der Waals surface area contributed by atoms with Crippen LogP contribution in [0.4, 0.5) is 9.59 Å². The molecule has 22 nitrogen and oxygen atoms in total. The number of rotatable bonds is 25. The van der Waals surface area contributed by atoms with Crippen LogP contribution in [-0.2, 0) is 45.5 Å². The minimum atomic E-state index is -4.07. The highest BCUT2D eigenvalue weighted by molar-refractivity contribution is 7.89. The van der Waals surface area contributed by atoms with Crippen molar-refractivity contribution >= 4 is 55.5 Å². The summed E-state index contributed by atoms with van der Waals surface area (Å²) >= 11 is 6.43. The molecule has 0 aromatic heterocycles. The summed E-state index contributed by atoms with van der Waals surface area (Å²) in [6, 6.07) is 16.5. The van der Waals surface area contributed by atoms with Gasteiger partial charge in [-0.25, -0.2) is 31.6 Å². The number of benzene rings is 3. The van der Waals surface area contributed by atoms with Crippen molar-refractivity contribution in [3.63, 3.8) is 0 Å². The van der Waals surface area contributed by atoms with Gasteiger partial charge in [-0.15, -0.1) is 0 Å². The van der Waals surface area contributed by atoms with Crippen LogP contribution in [0.5, 0.6) is 5.75 Å². The Bertz CT molecular complexity index is 2730. The van der Waals surface area contributed by atoms with Crippen molar-refractivity contribution in [1.82, 2.24) is 46.0 Å². The lowest BCUT2D eigenvalue weighted by molar-refractivity contribution is -0.136. The molecule has 7 rings (SSSR count). The van der Waals surface area contributed by atoms with Gasteiger partial charge in [0.05, 0.1) is 59.8 Å². The number of sulfonamides is 2. The maximum absolute atomic E-state index is 13.5. The van der Waals surface area contributed by atoms with Gasteiger partial charge in [0, 0.05) is 83.6 Å². The number of halogens is 1. The Morgan fingerprint density at radius 2 is 1.36 bits per heavy atom. The number of piperazine rings is 1. The van der Waals surface area contributed by atoms with E-state index >= 15 is 0 Å². The van der Waals surface area contributed by atoms with Gasteiger partial charge in [0.15, 0.2) is 0 Å². The number of likely N-dealkylation sites (tertiary alicyclic amines) is 2. The lowest BCUT2D eigenvalue weighted by Gasteiger charge is -2.36. The smallest absolute Gasteiger partial charge is 0.314 e.